The van der Waals surface area contributed by atoms with Gasteiger partial charge in [-0.3, -0.25) is 4.40 Å². The molecule has 10 heteroatoms. The highest BCUT2D eigenvalue weighted by molar-refractivity contribution is 6.29. The van der Waals surface area contributed by atoms with E-state index in [9.17, 15) is 9.18 Å². The Morgan fingerprint density at radius 1 is 1.22 bits per heavy atom. The van der Waals surface area contributed by atoms with Crippen LogP contribution in [0, 0.1) is 5.82 Å². The molecule has 4 rings (SSSR count). The van der Waals surface area contributed by atoms with Crippen LogP contribution in [0.4, 0.5) is 15.0 Å². The first-order valence-electron chi connectivity index (χ1n) is 8.49. The molecule has 1 aliphatic heterocycles. The van der Waals surface area contributed by atoms with Gasteiger partial charge in [-0.25, -0.2) is 24.1 Å². The van der Waals surface area contributed by atoms with Gasteiger partial charge in [0, 0.05) is 25.4 Å². The van der Waals surface area contributed by atoms with Crippen molar-refractivity contribution in [3.8, 4) is 11.5 Å². The van der Waals surface area contributed by atoms with Crippen LogP contribution in [0.25, 0.3) is 17.2 Å². The van der Waals surface area contributed by atoms with E-state index in [-0.39, 0.29) is 16.8 Å². The van der Waals surface area contributed by atoms with Crippen molar-refractivity contribution < 1.29 is 14.0 Å². The second kappa shape index (κ2) is 7.36. The molecule has 1 N–H and O–H groups in total. The van der Waals surface area contributed by atoms with Crippen molar-refractivity contribution >= 4 is 29.2 Å². The van der Waals surface area contributed by atoms with Gasteiger partial charge < -0.3 is 9.74 Å². The monoisotopic (exact) mass is 390 g/mol. The van der Waals surface area contributed by atoms with E-state index in [1.807, 2.05) is 0 Å². The zero-order valence-electron chi connectivity index (χ0n) is 14.2. The fraction of sp³-hybridized carbons (Fsp3) is 0.294. The van der Waals surface area contributed by atoms with Gasteiger partial charge in [-0.2, -0.15) is 5.48 Å². The summed E-state index contributed by atoms with van der Waals surface area (Å²) in [6.07, 6.45) is 5.37. The summed E-state index contributed by atoms with van der Waals surface area (Å²) >= 11 is 6.07. The molecule has 0 bridgehead atoms. The number of aromatic nitrogens is 4. The Morgan fingerprint density at radius 3 is 2.85 bits per heavy atom. The predicted molar refractivity (Wildman–Crippen MR) is 96.7 cm³/mol. The molecule has 140 valence electrons. The number of imidazole rings is 1. The quantitative estimate of drug-likeness (QED) is 0.544. The summed E-state index contributed by atoms with van der Waals surface area (Å²) < 4.78 is 15.1. The van der Waals surface area contributed by atoms with E-state index in [2.05, 4.69) is 20.4 Å². The number of halogens is 2. The average molecular weight is 391 g/mol. The number of nitrogens with zero attached hydrogens (tertiary/aromatic N) is 5. The van der Waals surface area contributed by atoms with Gasteiger partial charge in [0.15, 0.2) is 11.6 Å². The Hall–Kier alpha value is -2.94. The lowest BCUT2D eigenvalue weighted by atomic mass is 10.1. The Morgan fingerprint density at radius 2 is 2.04 bits per heavy atom. The third-order valence-electron chi connectivity index (χ3n) is 4.25. The Bertz CT molecular complexity index is 989. The molecule has 0 aliphatic carbocycles. The molecule has 4 heterocycles. The van der Waals surface area contributed by atoms with Gasteiger partial charge in [0.05, 0.1) is 6.20 Å². The number of carbonyl (C=O) groups is 1. The second-order valence-electron chi connectivity index (χ2n) is 6.14. The van der Waals surface area contributed by atoms with Gasteiger partial charge in [-0.15, -0.1) is 0 Å². The third kappa shape index (κ3) is 3.77. The van der Waals surface area contributed by atoms with Crippen LogP contribution in [0.3, 0.4) is 0 Å². The fourth-order valence-corrected chi connectivity index (χ4v) is 3.12. The zero-order chi connectivity index (χ0) is 18.8. The lowest BCUT2D eigenvalue weighted by Gasteiger charge is -2.25. The molecule has 0 spiro atoms. The standard InChI is InChI=1S/C17H16ClFN6O2/c18-13-8-14(23-27-17(26)24-6-2-1-3-7-24)22-16(21-13)12-9-20-15-5-4-11(19)10-25(12)15/h4-5,8-10H,1-3,6-7H2,(H,21,22,23). The number of hydrogen-bond acceptors (Lipinski definition) is 6. The maximum atomic E-state index is 13.6. The van der Waals surface area contributed by atoms with Crippen LogP contribution in [0.15, 0.2) is 30.6 Å². The minimum atomic E-state index is -0.470. The zero-order valence-corrected chi connectivity index (χ0v) is 15.0. The number of fused-ring (bicyclic) bond motifs is 1. The SMILES string of the molecule is O=C(ONc1cc(Cl)nc(-c2cnc3ccc(F)cn23)n1)N1CCCCC1. The Kier molecular flexibility index (Phi) is 4.76. The molecule has 1 saturated heterocycles. The molecule has 3 aromatic heterocycles. The van der Waals surface area contributed by atoms with Gasteiger partial charge in [-0.05, 0) is 31.4 Å². The number of rotatable bonds is 3. The number of amides is 1. The first-order valence-corrected chi connectivity index (χ1v) is 8.87. The number of anilines is 1. The summed E-state index contributed by atoms with van der Waals surface area (Å²) in [6.45, 7) is 1.34. The van der Waals surface area contributed by atoms with Crippen LogP contribution >= 0.6 is 11.6 Å². The molecule has 0 radical (unpaired) electrons. The molecule has 27 heavy (non-hydrogen) atoms. The van der Waals surface area contributed by atoms with Crippen molar-refractivity contribution in [3.63, 3.8) is 0 Å². The smallest absolute Gasteiger partial charge is 0.323 e. The Labute approximate surface area is 158 Å². The van der Waals surface area contributed by atoms with Gasteiger partial charge in [0.25, 0.3) is 0 Å². The summed E-state index contributed by atoms with van der Waals surface area (Å²) in [4.78, 5) is 31.5. The number of pyridine rings is 1. The normalized spacial score (nSPS) is 14.4. The van der Waals surface area contributed by atoms with Crippen LogP contribution in [-0.2, 0) is 4.84 Å². The summed E-state index contributed by atoms with van der Waals surface area (Å²) in [5.74, 6) is 0.0106. The maximum Gasteiger partial charge on any atom is 0.434 e. The molecule has 0 atom stereocenters. The number of piperidine rings is 1. The van der Waals surface area contributed by atoms with Crippen molar-refractivity contribution in [1.29, 1.82) is 0 Å². The number of hydrogen-bond donors (Lipinski definition) is 1. The molecular weight excluding hydrogens is 375 g/mol. The summed E-state index contributed by atoms with van der Waals surface area (Å²) in [7, 11) is 0. The summed E-state index contributed by atoms with van der Waals surface area (Å²) in [6, 6.07) is 4.29. The highest BCUT2D eigenvalue weighted by Crippen LogP contribution is 2.22. The van der Waals surface area contributed by atoms with Crippen LogP contribution in [0.1, 0.15) is 19.3 Å². The lowest BCUT2D eigenvalue weighted by Crippen LogP contribution is -2.37. The molecule has 0 aromatic carbocycles. The lowest BCUT2D eigenvalue weighted by molar-refractivity contribution is 0.114. The fourth-order valence-electron chi connectivity index (χ4n) is 2.94. The van der Waals surface area contributed by atoms with Crippen molar-refractivity contribution in [2.75, 3.05) is 18.6 Å². The van der Waals surface area contributed by atoms with Crippen LogP contribution < -0.4 is 5.48 Å². The second-order valence-corrected chi connectivity index (χ2v) is 6.52. The maximum absolute atomic E-state index is 13.6. The van der Waals surface area contributed by atoms with Crippen molar-refractivity contribution in [3.05, 3.63) is 41.6 Å². The molecule has 0 unspecified atom stereocenters. The van der Waals surface area contributed by atoms with E-state index in [0.29, 0.717) is 24.4 Å². The minimum Gasteiger partial charge on any atom is -0.323 e. The molecule has 1 fully saturated rings. The van der Waals surface area contributed by atoms with Crippen LogP contribution in [0.2, 0.25) is 5.15 Å². The van der Waals surface area contributed by atoms with E-state index < -0.39 is 11.9 Å². The summed E-state index contributed by atoms with van der Waals surface area (Å²) in [5.41, 5.74) is 3.51. The van der Waals surface area contributed by atoms with E-state index in [1.54, 1.807) is 11.0 Å². The van der Waals surface area contributed by atoms with Gasteiger partial charge in [0.2, 0.25) is 0 Å². The third-order valence-corrected chi connectivity index (χ3v) is 4.44. The highest BCUT2D eigenvalue weighted by atomic mass is 35.5. The molecule has 0 saturated carbocycles. The van der Waals surface area contributed by atoms with E-state index >= 15 is 0 Å². The van der Waals surface area contributed by atoms with E-state index in [0.717, 1.165) is 19.3 Å². The average Bonchev–Trinajstić information content (AvgIpc) is 3.09. The van der Waals surface area contributed by atoms with Crippen LogP contribution in [-0.4, -0.2) is 43.4 Å². The van der Waals surface area contributed by atoms with Crippen LogP contribution in [0.5, 0.6) is 0 Å². The minimum absolute atomic E-state index is 0.142. The van der Waals surface area contributed by atoms with Gasteiger partial charge >= 0.3 is 6.09 Å². The highest BCUT2D eigenvalue weighted by Gasteiger charge is 2.19. The van der Waals surface area contributed by atoms with Crippen molar-refractivity contribution in [1.82, 2.24) is 24.3 Å². The molecule has 8 nitrogen and oxygen atoms in total. The van der Waals surface area contributed by atoms with E-state index in [1.165, 1.54) is 28.9 Å². The largest absolute Gasteiger partial charge is 0.434 e. The first-order chi connectivity index (χ1) is 13.1. The summed E-state index contributed by atoms with van der Waals surface area (Å²) in [5, 5.41) is 0.142. The first kappa shape index (κ1) is 17.5. The van der Waals surface area contributed by atoms with Gasteiger partial charge in [0.1, 0.15) is 22.3 Å². The molecule has 1 amide bonds. The predicted octanol–water partition coefficient (Wildman–Crippen LogP) is 3.53. The number of nitrogens with one attached hydrogen (secondary N) is 1. The van der Waals surface area contributed by atoms with E-state index in [4.69, 9.17) is 16.4 Å². The Balaban J connectivity index is 1.56. The topological polar surface area (TPSA) is 84.6 Å². The number of carbonyl (C=O) groups excluding carboxylic acids is 1. The van der Waals surface area contributed by atoms with Crippen molar-refractivity contribution in [2.24, 2.45) is 0 Å². The molecular formula is C17H16ClFN6O2. The molecule has 3 aromatic rings. The number of likely N-dealkylation sites (tertiary alicyclic amines) is 1. The van der Waals surface area contributed by atoms with Crippen molar-refractivity contribution in [2.45, 2.75) is 19.3 Å². The van der Waals surface area contributed by atoms with Gasteiger partial charge in [-0.1, -0.05) is 11.6 Å². The molecule has 1 aliphatic rings.